The van der Waals surface area contributed by atoms with Crippen LogP contribution in [0.15, 0.2) is 42.6 Å². The number of pyridine rings is 1. The standard InChI is InChI=1S/C15H15ClN2O2/c1-2-20-10-12-5-3-4-6-13(12)18-15(19)11-7-8-14(16)17-9-11/h3-9H,2,10H2,1H3,(H,18,19). The van der Waals surface area contributed by atoms with E-state index < -0.39 is 0 Å². The van der Waals surface area contributed by atoms with E-state index in [-0.39, 0.29) is 5.91 Å². The molecule has 5 heteroatoms. The number of benzene rings is 1. The first kappa shape index (κ1) is 14.5. The van der Waals surface area contributed by atoms with Crippen molar-refractivity contribution < 1.29 is 9.53 Å². The second-order valence-corrected chi connectivity index (χ2v) is 4.51. The predicted molar refractivity (Wildman–Crippen MR) is 79.0 cm³/mol. The van der Waals surface area contributed by atoms with Crippen LogP contribution in [-0.2, 0) is 11.3 Å². The largest absolute Gasteiger partial charge is 0.377 e. The van der Waals surface area contributed by atoms with Crippen LogP contribution in [0.4, 0.5) is 5.69 Å². The lowest BCUT2D eigenvalue weighted by atomic mass is 10.1. The molecule has 2 rings (SSSR count). The normalized spacial score (nSPS) is 10.3. The summed E-state index contributed by atoms with van der Waals surface area (Å²) in [5, 5.41) is 3.21. The molecule has 0 fully saturated rings. The number of rotatable bonds is 5. The third kappa shape index (κ3) is 3.79. The topological polar surface area (TPSA) is 51.2 Å². The number of carbonyl (C=O) groups is 1. The zero-order chi connectivity index (χ0) is 14.4. The summed E-state index contributed by atoms with van der Waals surface area (Å²) in [6.07, 6.45) is 1.45. The summed E-state index contributed by atoms with van der Waals surface area (Å²) in [4.78, 5) is 16.0. The van der Waals surface area contributed by atoms with Crippen LogP contribution < -0.4 is 5.32 Å². The monoisotopic (exact) mass is 290 g/mol. The minimum absolute atomic E-state index is 0.224. The highest BCUT2D eigenvalue weighted by molar-refractivity contribution is 6.29. The van der Waals surface area contributed by atoms with E-state index in [1.807, 2.05) is 31.2 Å². The molecule has 104 valence electrons. The molecule has 0 saturated carbocycles. The highest BCUT2D eigenvalue weighted by Gasteiger charge is 2.09. The van der Waals surface area contributed by atoms with Gasteiger partial charge in [0.2, 0.25) is 0 Å². The van der Waals surface area contributed by atoms with Gasteiger partial charge in [-0.05, 0) is 25.1 Å². The van der Waals surface area contributed by atoms with Crippen molar-refractivity contribution in [3.05, 3.63) is 58.9 Å². The molecule has 0 aliphatic rings. The fourth-order valence-corrected chi connectivity index (χ4v) is 1.80. The van der Waals surface area contributed by atoms with Gasteiger partial charge in [0, 0.05) is 24.1 Å². The Morgan fingerprint density at radius 3 is 2.80 bits per heavy atom. The van der Waals surface area contributed by atoms with E-state index in [9.17, 15) is 4.79 Å². The van der Waals surface area contributed by atoms with Crippen molar-refractivity contribution in [2.45, 2.75) is 13.5 Å². The Bertz CT molecular complexity index is 585. The van der Waals surface area contributed by atoms with Gasteiger partial charge in [-0.25, -0.2) is 4.98 Å². The predicted octanol–water partition coefficient (Wildman–Crippen LogP) is 3.52. The molecule has 1 aromatic carbocycles. The molecule has 0 spiro atoms. The third-order valence-corrected chi connectivity index (χ3v) is 2.94. The van der Waals surface area contributed by atoms with E-state index in [2.05, 4.69) is 10.3 Å². The average Bonchev–Trinajstić information content (AvgIpc) is 2.47. The van der Waals surface area contributed by atoms with Gasteiger partial charge in [-0.1, -0.05) is 29.8 Å². The van der Waals surface area contributed by atoms with E-state index in [4.69, 9.17) is 16.3 Å². The van der Waals surface area contributed by atoms with E-state index >= 15 is 0 Å². The Labute approximate surface area is 122 Å². The van der Waals surface area contributed by atoms with Crippen molar-refractivity contribution >= 4 is 23.2 Å². The number of hydrogen-bond donors (Lipinski definition) is 1. The smallest absolute Gasteiger partial charge is 0.257 e. The second-order valence-electron chi connectivity index (χ2n) is 4.12. The van der Waals surface area contributed by atoms with E-state index in [0.29, 0.717) is 23.9 Å². The lowest BCUT2D eigenvalue weighted by Gasteiger charge is -2.11. The Hall–Kier alpha value is -1.91. The van der Waals surface area contributed by atoms with Gasteiger partial charge in [0.05, 0.1) is 12.2 Å². The molecular weight excluding hydrogens is 276 g/mol. The van der Waals surface area contributed by atoms with Crippen LogP contribution in [0, 0.1) is 0 Å². The van der Waals surface area contributed by atoms with Crippen LogP contribution in [0.2, 0.25) is 5.15 Å². The Morgan fingerprint density at radius 2 is 2.10 bits per heavy atom. The second kappa shape index (κ2) is 7.03. The molecule has 0 bridgehead atoms. The van der Waals surface area contributed by atoms with Crippen LogP contribution in [0.3, 0.4) is 0 Å². The van der Waals surface area contributed by atoms with Crippen LogP contribution in [0.5, 0.6) is 0 Å². The molecule has 2 aromatic rings. The molecule has 0 unspecified atom stereocenters. The van der Waals surface area contributed by atoms with Crippen molar-refractivity contribution in [1.29, 1.82) is 0 Å². The lowest BCUT2D eigenvalue weighted by molar-refractivity contribution is 0.102. The number of amides is 1. The van der Waals surface area contributed by atoms with Gasteiger partial charge in [0.25, 0.3) is 5.91 Å². The summed E-state index contributed by atoms with van der Waals surface area (Å²) in [6, 6.07) is 10.8. The summed E-state index contributed by atoms with van der Waals surface area (Å²) in [5.41, 5.74) is 2.13. The quantitative estimate of drug-likeness (QED) is 0.857. The number of anilines is 1. The minimum atomic E-state index is -0.224. The highest BCUT2D eigenvalue weighted by atomic mass is 35.5. The summed E-state index contributed by atoms with van der Waals surface area (Å²) in [5.74, 6) is -0.224. The summed E-state index contributed by atoms with van der Waals surface area (Å²) in [7, 11) is 0. The number of hydrogen-bond acceptors (Lipinski definition) is 3. The van der Waals surface area contributed by atoms with Gasteiger partial charge >= 0.3 is 0 Å². The van der Waals surface area contributed by atoms with Crippen LogP contribution in [-0.4, -0.2) is 17.5 Å². The van der Waals surface area contributed by atoms with Crippen molar-refractivity contribution in [3.63, 3.8) is 0 Å². The van der Waals surface area contributed by atoms with Crippen LogP contribution >= 0.6 is 11.6 Å². The maximum atomic E-state index is 12.1. The maximum absolute atomic E-state index is 12.1. The average molecular weight is 291 g/mol. The molecule has 1 amide bonds. The number of nitrogens with zero attached hydrogens (tertiary/aromatic N) is 1. The molecule has 0 radical (unpaired) electrons. The fourth-order valence-electron chi connectivity index (χ4n) is 1.68. The fraction of sp³-hybridized carbons (Fsp3) is 0.200. The van der Waals surface area contributed by atoms with Gasteiger partial charge in [-0.15, -0.1) is 0 Å². The number of aromatic nitrogens is 1. The first-order valence-electron chi connectivity index (χ1n) is 6.29. The Balaban J connectivity index is 2.13. The molecule has 0 saturated heterocycles. The lowest BCUT2D eigenvalue weighted by Crippen LogP contribution is -2.13. The van der Waals surface area contributed by atoms with Gasteiger partial charge in [0.15, 0.2) is 0 Å². The van der Waals surface area contributed by atoms with Crippen molar-refractivity contribution in [1.82, 2.24) is 4.98 Å². The van der Waals surface area contributed by atoms with E-state index in [1.54, 1.807) is 12.1 Å². The number of ether oxygens (including phenoxy) is 1. The molecule has 1 heterocycles. The zero-order valence-electron chi connectivity index (χ0n) is 11.1. The van der Waals surface area contributed by atoms with Crippen LogP contribution in [0.1, 0.15) is 22.8 Å². The van der Waals surface area contributed by atoms with Crippen molar-refractivity contribution in [2.75, 3.05) is 11.9 Å². The summed E-state index contributed by atoms with van der Waals surface area (Å²) >= 11 is 5.70. The van der Waals surface area contributed by atoms with Crippen molar-refractivity contribution in [3.8, 4) is 0 Å². The number of nitrogens with one attached hydrogen (secondary N) is 1. The molecule has 1 N–H and O–H groups in total. The summed E-state index contributed by atoms with van der Waals surface area (Å²) < 4.78 is 5.38. The van der Waals surface area contributed by atoms with Gasteiger partial charge < -0.3 is 10.1 Å². The van der Waals surface area contributed by atoms with Crippen LogP contribution in [0.25, 0.3) is 0 Å². The van der Waals surface area contributed by atoms with Gasteiger partial charge in [0.1, 0.15) is 5.15 Å². The molecular formula is C15H15ClN2O2. The first-order valence-corrected chi connectivity index (χ1v) is 6.67. The Kier molecular flexibility index (Phi) is 5.09. The third-order valence-electron chi connectivity index (χ3n) is 2.72. The minimum Gasteiger partial charge on any atom is -0.377 e. The van der Waals surface area contributed by atoms with E-state index in [0.717, 1.165) is 11.3 Å². The van der Waals surface area contributed by atoms with Gasteiger partial charge in [-0.2, -0.15) is 0 Å². The number of para-hydroxylation sites is 1. The molecule has 0 aliphatic carbocycles. The highest BCUT2D eigenvalue weighted by Crippen LogP contribution is 2.17. The Morgan fingerprint density at radius 1 is 1.30 bits per heavy atom. The SMILES string of the molecule is CCOCc1ccccc1NC(=O)c1ccc(Cl)nc1. The summed E-state index contributed by atoms with van der Waals surface area (Å²) in [6.45, 7) is 3.02. The first-order chi connectivity index (χ1) is 9.70. The number of halogens is 1. The molecule has 1 aromatic heterocycles. The van der Waals surface area contributed by atoms with Crippen molar-refractivity contribution in [2.24, 2.45) is 0 Å². The van der Waals surface area contributed by atoms with E-state index in [1.165, 1.54) is 6.20 Å². The molecule has 4 nitrogen and oxygen atoms in total. The molecule has 20 heavy (non-hydrogen) atoms. The maximum Gasteiger partial charge on any atom is 0.257 e. The van der Waals surface area contributed by atoms with Gasteiger partial charge in [-0.3, -0.25) is 4.79 Å². The number of carbonyl (C=O) groups excluding carboxylic acids is 1. The zero-order valence-corrected chi connectivity index (χ0v) is 11.9. The molecule has 0 aliphatic heterocycles. The molecule has 0 atom stereocenters.